The van der Waals surface area contributed by atoms with Crippen LogP contribution < -0.4 is 4.74 Å². The van der Waals surface area contributed by atoms with Gasteiger partial charge in [0.1, 0.15) is 11.5 Å². The van der Waals surface area contributed by atoms with Crippen molar-refractivity contribution in [1.82, 2.24) is 0 Å². The van der Waals surface area contributed by atoms with Gasteiger partial charge >= 0.3 is 0 Å². The van der Waals surface area contributed by atoms with Crippen molar-refractivity contribution in [2.45, 2.75) is 25.7 Å². The minimum absolute atomic E-state index is 0.166. The van der Waals surface area contributed by atoms with Crippen LogP contribution in [0.15, 0.2) is 42.5 Å². The fraction of sp³-hybridized carbons (Fsp3) is 0.294. The molecular weight excluding hydrogens is 323 g/mol. The van der Waals surface area contributed by atoms with Crippen molar-refractivity contribution in [1.29, 1.82) is 0 Å². The van der Waals surface area contributed by atoms with Crippen molar-refractivity contribution in [3.63, 3.8) is 0 Å². The number of ether oxygens (including phenoxy) is 3. The molecule has 5 heteroatoms. The average Bonchev–Trinajstić information content (AvgIpc) is 2.50. The summed E-state index contributed by atoms with van der Waals surface area (Å²) >= 11 is 12.2. The van der Waals surface area contributed by atoms with E-state index in [9.17, 15) is 0 Å². The van der Waals surface area contributed by atoms with E-state index < -0.39 is 6.29 Å². The number of hydrogen-bond acceptors (Lipinski definition) is 3. The van der Waals surface area contributed by atoms with Gasteiger partial charge in [-0.2, -0.15) is 0 Å². The quantitative estimate of drug-likeness (QED) is 0.727. The Morgan fingerprint density at radius 1 is 1.05 bits per heavy atom. The topological polar surface area (TPSA) is 27.7 Å². The molecule has 1 heterocycles. The zero-order valence-corrected chi connectivity index (χ0v) is 13.6. The molecular formula is C17H16Cl2O3. The first-order valence-corrected chi connectivity index (χ1v) is 7.87. The lowest BCUT2D eigenvalue weighted by atomic mass is 10.2. The molecule has 1 saturated heterocycles. The summed E-state index contributed by atoms with van der Waals surface area (Å²) in [6.07, 6.45) is 0.645. The Labute approximate surface area is 139 Å². The lowest BCUT2D eigenvalue weighted by Crippen LogP contribution is -2.24. The van der Waals surface area contributed by atoms with Gasteiger partial charge in [0.05, 0.1) is 17.7 Å². The third-order valence-electron chi connectivity index (χ3n) is 3.42. The van der Waals surface area contributed by atoms with Crippen LogP contribution in [0.5, 0.6) is 11.5 Å². The van der Waals surface area contributed by atoms with Gasteiger partial charge in [0.25, 0.3) is 0 Å². The van der Waals surface area contributed by atoms with E-state index in [1.165, 1.54) is 0 Å². The zero-order chi connectivity index (χ0) is 15.5. The van der Waals surface area contributed by atoms with Crippen LogP contribution in [0.25, 0.3) is 0 Å². The number of hydrogen-bond donors (Lipinski definition) is 0. The molecule has 1 aliphatic rings. The number of halogens is 2. The van der Waals surface area contributed by atoms with Crippen LogP contribution in [0.2, 0.25) is 10.0 Å². The summed E-state index contributed by atoms with van der Waals surface area (Å²) in [6.45, 7) is 2.70. The molecule has 0 saturated carbocycles. The first kappa shape index (κ1) is 15.6. The molecule has 0 aromatic heterocycles. The largest absolute Gasteiger partial charge is 0.457 e. The van der Waals surface area contributed by atoms with E-state index in [1.54, 1.807) is 30.3 Å². The second kappa shape index (κ2) is 6.88. The Hall–Kier alpha value is -1.26. The third-order valence-corrected chi connectivity index (χ3v) is 4.00. The molecule has 0 bridgehead atoms. The molecule has 0 spiro atoms. The number of rotatable bonds is 3. The first-order valence-electron chi connectivity index (χ1n) is 7.12. The maximum absolute atomic E-state index is 6.34. The van der Waals surface area contributed by atoms with Crippen molar-refractivity contribution in [2.75, 3.05) is 6.61 Å². The third kappa shape index (κ3) is 3.73. The zero-order valence-electron chi connectivity index (χ0n) is 12.1. The van der Waals surface area contributed by atoms with Crippen LogP contribution in [0.4, 0.5) is 0 Å². The summed E-state index contributed by atoms with van der Waals surface area (Å²) in [5.74, 6) is 1.35. The summed E-state index contributed by atoms with van der Waals surface area (Å²) in [6, 6.07) is 12.6. The first-order chi connectivity index (χ1) is 10.6. The fourth-order valence-electron chi connectivity index (χ4n) is 2.22. The molecule has 0 unspecified atom stereocenters. The molecule has 2 aromatic carbocycles. The highest BCUT2D eigenvalue weighted by atomic mass is 35.5. The Morgan fingerprint density at radius 2 is 1.77 bits per heavy atom. The van der Waals surface area contributed by atoms with Crippen LogP contribution in [0.1, 0.15) is 25.2 Å². The van der Waals surface area contributed by atoms with Crippen molar-refractivity contribution in [3.8, 4) is 11.5 Å². The minimum atomic E-state index is -0.416. The van der Waals surface area contributed by atoms with E-state index >= 15 is 0 Å². The van der Waals surface area contributed by atoms with Crippen LogP contribution in [-0.4, -0.2) is 12.7 Å². The van der Waals surface area contributed by atoms with Crippen LogP contribution in [0, 0.1) is 0 Å². The highest BCUT2D eigenvalue weighted by Crippen LogP contribution is 2.34. The predicted octanol–water partition coefficient (Wildman–Crippen LogP) is 5.61. The van der Waals surface area contributed by atoms with E-state index in [4.69, 9.17) is 37.4 Å². The molecule has 3 rings (SSSR count). The summed E-state index contributed by atoms with van der Waals surface area (Å²) in [7, 11) is 0. The molecule has 0 N–H and O–H groups in total. The lowest BCUT2D eigenvalue weighted by Gasteiger charge is -2.28. The van der Waals surface area contributed by atoms with E-state index in [2.05, 4.69) is 0 Å². The molecule has 22 heavy (non-hydrogen) atoms. The van der Waals surface area contributed by atoms with Crippen molar-refractivity contribution < 1.29 is 14.2 Å². The van der Waals surface area contributed by atoms with Gasteiger partial charge in [0.2, 0.25) is 0 Å². The van der Waals surface area contributed by atoms with Gasteiger partial charge in [-0.05, 0) is 55.8 Å². The van der Waals surface area contributed by atoms with E-state index in [1.807, 2.05) is 19.1 Å². The molecule has 2 aromatic rings. The van der Waals surface area contributed by atoms with Crippen LogP contribution >= 0.6 is 23.2 Å². The molecule has 1 fully saturated rings. The van der Waals surface area contributed by atoms with E-state index in [0.717, 1.165) is 12.0 Å². The molecule has 3 nitrogen and oxygen atoms in total. The van der Waals surface area contributed by atoms with Gasteiger partial charge < -0.3 is 14.2 Å². The van der Waals surface area contributed by atoms with Gasteiger partial charge in [-0.25, -0.2) is 0 Å². The maximum atomic E-state index is 6.34. The highest BCUT2D eigenvalue weighted by Gasteiger charge is 2.23. The molecule has 2 atom stereocenters. The van der Waals surface area contributed by atoms with Gasteiger partial charge in [-0.15, -0.1) is 0 Å². The molecule has 0 amide bonds. The Bertz CT molecular complexity index is 643. The van der Waals surface area contributed by atoms with Crippen molar-refractivity contribution in [2.24, 2.45) is 0 Å². The molecule has 116 valence electrons. The molecule has 1 aliphatic heterocycles. The molecule has 0 aliphatic carbocycles. The Balaban J connectivity index is 1.75. The van der Waals surface area contributed by atoms with E-state index in [0.29, 0.717) is 28.2 Å². The summed E-state index contributed by atoms with van der Waals surface area (Å²) in [4.78, 5) is 0. The molecule has 0 radical (unpaired) electrons. The van der Waals surface area contributed by atoms with Crippen molar-refractivity contribution >= 4 is 23.2 Å². The number of benzene rings is 2. The Morgan fingerprint density at radius 3 is 2.45 bits per heavy atom. The Kier molecular flexibility index (Phi) is 4.89. The lowest BCUT2D eigenvalue weighted by molar-refractivity contribution is -0.212. The highest BCUT2D eigenvalue weighted by molar-refractivity contribution is 6.31. The smallest absolute Gasteiger partial charge is 0.185 e. The SMILES string of the molecule is C[C@H]1CCO[C@@H](c2ccc(Oc3ccc(Cl)cc3)cc2Cl)O1. The van der Waals surface area contributed by atoms with Gasteiger partial charge in [0, 0.05) is 10.6 Å². The normalized spacial score (nSPS) is 21.6. The van der Waals surface area contributed by atoms with Gasteiger partial charge in [0.15, 0.2) is 6.29 Å². The predicted molar refractivity (Wildman–Crippen MR) is 86.8 cm³/mol. The van der Waals surface area contributed by atoms with Gasteiger partial charge in [-0.3, -0.25) is 0 Å². The summed E-state index contributed by atoms with van der Waals surface area (Å²) < 4.78 is 17.1. The maximum Gasteiger partial charge on any atom is 0.185 e. The second-order valence-corrected chi connectivity index (χ2v) is 6.02. The van der Waals surface area contributed by atoms with Crippen LogP contribution in [-0.2, 0) is 9.47 Å². The fourth-order valence-corrected chi connectivity index (χ4v) is 2.61. The summed E-state index contributed by atoms with van der Waals surface area (Å²) in [5, 5.41) is 1.23. The van der Waals surface area contributed by atoms with Crippen LogP contribution in [0.3, 0.4) is 0 Å². The second-order valence-electron chi connectivity index (χ2n) is 5.18. The standard InChI is InChI=1S/C17H16Cl2O3/c1-11-8-9-20-17(21-11)15-7-6-14(10-16(15)19)22-13-4-2-12(18)3-5-13/h2-7,10-11,17H,8-9H2,1H3/t11-,17+/m0/s1. The average molecular weight is 339 g/mol. The van der Waals surface area contributed by atoms with Gasteiger partial charge in [-0.1, -0.05) is 23.2 Å². The monoisotopic (exact) mass is 338 g/mol. The minimum Gasteiger partial charge on any atom is -0.457 e. The van der Waals surface area contributed by atoms with Crippen molar-refractivity contribution in [3.05, 3.63) is 58.1 Å². The van der Waals surface area contributed by atoms with E-state index in [-0.39, 0.29) is 6.10 Å². The summed E-state index contributed by atoms with van der Waals surface area (Å²) in [5.41, 5.74) is 0.816.